The standard InChI is InChI=1S/C20H27F3/c21-14-4-2-1-3-5-16-6-8-17(9-7-16)10-11-18-12-13-19(22)20(23)15-18/h4,12-17H,1-3,5-11H2/t16-,17-. The van der Waals surface area contributed by atoms with Gasteiger partial charge in [0.05, 0.1) is 6.33 Å². The zero-order valence-electron chi connectivity index (χ0n) is 13.7. The third kappa shape index (κ3) is 6.40. The molecule has 128 valence electrons. The van der Waals surface area contributed by atoms with Gasteiger partial charge in [-0.25, -0.2) is 13.2 Å². The van der Waals surface area contributed by atoms with Gasteiger partial charge < -0.3 is 0 Å². The number of rotatable bonds is 8. The van der Waals surface area contributed by atoms with Crippen LogP contribution in [0.25, 0.3) is 0 Å². The molecule has 0 bridgehead atoms. The largest absolute Gasteiger partial charge is 0.216 e. The first-order chi connectivity index (χ1) is 11.2. The maximum Gasteiger partial charge on any atom is 0.159 e. The summed E-state index contributed by atoms with van der Waals surface area (Å²) >= 11 is 0. The van der Waals surface area contributed by atoms with Gasteiger partial charge >= 0.3 is 0 Å². The van der Waals surface area contributed by atoms with Gasteiger partial charge in [-0.2, -0.15) is 0 Å². The van der Waals surface area contributed by atoms with Crippen LogP contribution in [0.4, 0.5) is 13.2 Å². The van der Waals surface area contributed by atoms with Gasteiger partial charge in [0.25, 0.3) is 0 Å². The van der Waals surface area contributed by atoms with Crippen molar-refractivity contribution in [2.75, 3.05) is 0 Å². The second-order valence-electron chi connectivity index (χ2n) is 6.82. The molecule has 1 fully saturated rings. The van der Waals surface area contributed by atoms with Crippen LogP contribution in [0.5, 0.6) is 0 Å². The molecule has 0 unspecified atom stereocenters. The molecule has 0 atom stereocenters. The highest BCUT2D eigenvalue weighted by Gasteiger charge is 2.20. The Morgan fingerprint density at radius 1 is 0.913 bits per heavy atom. The van der Waals surface area contributed by atoms with Crippen LogP contribution in [0.15, 0.2) is 30.6 Å². The summed E-state index contributed by atoms with van der Waals surface area (Å²) in [4.78, 5) is 0. The molecule has 23 heavy (non-hydrogen) atoms. The van der Waals surface area contributed by atoms with Crippen molar-refractivity contribution in [3.8, 4) is 0 Å². The molecule has 2 rings (SSSR count). The molecular weight excluding hydrogens is 297 g/mol. The van der Waals surface area contributed by atoms with Gasteiger partial charge in [0.15, 0.2) is 11.6 Å². The molecule has 3 heteroatoms. The van der Waals surface area contributed by atoms with Crippen LogP contribution in [0.1, 0.15) is 63.4 Å². The number of hydrogen-bond donors (Lipinski definition) is 0. The van der Waals surface area contributed by atoms with Crippen LogP contribution >= 0.6 is 0 Å². The van der Waals surface area contributed by atoms with Crippen molar-refractivity contribution < 1.29 is 13.2 Å². The second kappa shape index (κ2) is 9.79. The molecule has 1 aliphatic rings. The predicted molar refractivity (Wildman–Crippen MR) is 88.8 cm³/mol. The minimum atomic E-state index is -0.767. The van der Waals surface area contributed by atoms with Gasteiger partial charge in [0.1, 0.15) is 0 Å². The van der Waals surface area contributed by atoms with Crippen LogP contribution in [0, 0.1) is 23.5 Å². The van der Waals surface area contributed by atoms with E-state index >= 15 is 0 Å². The monoisotopic (exact) mass is 324 g/mol. The lowest BCUT2D eigenvalue weighted by Crippen LogP contribution is -2.15. The molecule has 0 N–H and O–H groups in total. The number of benzene rings is 1. The van der Waals surface area contributed by atoms with Gasteiger partial charge in [-0.05, 0) is 55.2 Å². The van der Waals surface area contributed by atoms with Crippen molar-refractivity contribution in [1.82, 2.24) is 0 Å². The number of unbranched alkanes of at least 4 members (excludes halogenated alkanes) is 2. The smallest absolute Gasteiger partial charge is 0.159 e. The molecule has 0 radical (unpaired) electrons. The van der Waals surface area contributed by atoms with Crippen molar-refractivity contribution in [1.29, 1.82) is 0 Å². The van der Waals surface area contributed by atoms with Crippen LogP contribution in [-0.4, -0.2) is 0 Å². The third-order valence-corrected chi connectivity index (χ3v) is 5.11. The minimum Gasteiger partial charge on any atom is -0.216 e. The van der Waals surface area contributed by atoms with E-state index in [1.54, 1.807) is 12.1 Å². The molecule has 0 nitrogen and oxygen atoms in total. The molecule has 1 aliphatic carbocycles. The van der Waals surface area contributed by atoms with E-state index in [1.165, 1.54) is 50.7 Å². The predicted octanol–water partition coefficient (Wildman–Crippen LogP) is 6.75. The Balaban J connectivity index is 1.61. The van der Waals surface area contributed by atoms with Crippen molar-refractivity contribution >= 4 is 0 Å². The fourth-order valence-corrected chi connectivity index (χ4v) is 3.63. The first-order valence-electron chi connectivity index (χ1n) is 8.88. The van der Waals surface area contributed by atoms with E-state index in [4.69, 9.17) is 0 Å². The van der Waals surface area contributed by atoms with Gasteiger partial charge in [0.2, 0.25) is 0 Å². The molecule has 0 aromatic heterocycles. The maximum atomic E-state index is 13.2. The number of allylic oxidation sites excluding steroid dienone is 1. The average molecular weight is 324 g/mol. The van der Waals surface area contributed by atoms with Gasteiger partial charge in [0, 0.05) is 0 Å². The lowest BCUT2D eigenvalue weighted by atomic mass is 9.78. The zero-order valence-corrected chi connectivity index (χ0v) is 13.7. The van der Waals surface area contributed by atoms with Gasteiger partial charge in [-0.3, -0.25) is 0 Å². The van der Waals surface area contributed by atoms with E-state index in [0.29, 0.717) is 12.2 Å². The highest BCUT2D eigenvalue weighted by Crippen LogP contribution is 2.34. The lowest BCUT2D eigenvalue weighted by molar-refractivity contribution is 0.249. The Morgan fingerprint density at radius 3 is 2.26 bits per heavy atom. The van der Waals surface area contributed by atoms with Gasteiger partial charge in [-0.1, -0.05) is 50.7 Å². The summed E-state index contributed by atoms with van der Waals surface area (Å²) in [5.74, 6) is 0.0304. The number of aryl methyl sites for hydroxylation is 1. The quantitative estimate of drug-likeness (QED) is 0.464. The Kier molecular flexibility index (Phi) is 7.70. The highest BCUT2D eigenvalue weighted by molar-refractivity contribution is 5.17. The topological polar surface area (TPSA) is 0 Å². The summed E-state index contributed by atoms with van der Waals surface area (Å²) in [7, 11) is 0. The van der Waals surface area contributed by atoms with E-state index in [2.05, 4.69) is 0 Å². The van der Waals surface area contributed by atoms with E-state index in [0.717, 1.165) is 37.2 Å². The van der Waals surface area contributed by atoms with Crippen molar-refractivity contribution in [3.05, 3.63) is 47.8 Å². The Morgan fingerprint density at radius 2 is 1.61 bits per heavy atom. The highest BCUT2D eigenvalue weighted by atomic mass is 19.2. The fraction of sp³-hybridized carbons (Fsp3) is 0.600. The van der Waals surface area contributed by atoms with Crippen LogP contribution in [-0.2, 0) is 6.42 Å². The minimum absolute atomic E-state index is 0.637. The molecule has 1 aromatic rings. The van der Waals surface area contributed by atoms with Crippen molar-refractivity contribution in [3.63, 3.8) is 0 Å². The Labute approximate surface area is 137 Å². The SMILES string of the molecule is FC=CCCCC[C@H]1CC[C@H](CCc2ccc(F)c(F)c2)CC1. The van der Waals surface area contributed by atoms with Crippen LogP contribution < -0.4 is 0 Å². The fourth-order valence-electron chi connectivity index (χ4n) is 3.63. The van der Waals surface area contributed by atoms with E-state index in [-0.39, 0.29) is 0 Å². The Hall–Kier alpha value is -1.25. The summed E-state index contributed by atoms with van der Waals surface area (Å²) in [5, 5.41) is 0. The summed E-state index contributed by atoms with van der Waals surface area (Å²) in [6, 6.07) is 4.24. The normalized spacial score (nSPS) is 21.9. The van der Waals surface area contributed by atoms with E-state index in [9.17, 15) is 13.2 Å². The molecule has 0 spiro atoms. The van der Waals surface area contributed by atoms with E-state index in [1.807, 2.05) is 0 Å². The molecule has 0 amide bonds. The Bertz CT molecular complexity index is 488. The first-order valence-corrected chi connectivity index (χ1v) is 8.88. The summed E-state index contributed by atoms with van der Waals surface area (Å²) in [5.41, 5.74) is 0.895. The molecule has 0 heterocycles. The molecule has 1 aromatic carbocycles. The maximum absolute atomic E-state index is 13.2. The van der Waals surface area contributed by atoms with E-state index < -0.39 is 11.6 Å². The van der Waals surface area contributed by atoms with Gasteiger partial charge in [-0.15, -0.1) is 0 Å². The molecule has 0 aliphatic heterocycles. The number of hydrogen-bond acceptors (Lipinski definition) is 0. The summed E-state index contributed by atoms with van der Waals surface area (Å²) < 4.78 is 37.9. The third-order valence-electron chi connectivity index (χ3n) is 5.11. The van der Waals surface area contributed by atoms with Crippen LogP contribution in [0.2, 0.25) is 0 Å². The summed E-state index contributed by atoms with van der Waals surface area (Å²) in [6.07, 6.45) is 13.6. The molecule has 0 saturated heterocycles. The van der Waals surface area contributed by atoms with Crippen molar-refractivity contribution in [2.45, 2.75) is 64.2 Å². The second-order valence-corrected chi connectivity index (χ2v) is 6.82. The average Bonchev–Trinajstić information content (AvgIpc) is 2.57. The lowest BCUT2D eigenvalue weighted by Gasteiger charge is -2.28. The first kappa shape index (κ1) is 18.1. The van der Waals surface area contributed by atoms with Crippen molar-refractivity contribution in [2.24, 2.45) is 11.8 Å². The molecular formula is C20H27F3. The van der Waals surface area contributed by atoms with Crippen LogP contribution in [0.3, 0.4) is 0 Å². The number of halogens is 3. The molecule has 1 saturated carbocycles. The zero-order chi connectivity index (χ0) is 16.5. The summed E-state index contributed by atoms with van der Waals surface area (Å²) in [6.45, 7) is 0.